The maximum absolute atomic E-state index is 12.2. The molecule has 1 N–H and O–H groups in total. The summed E-state index contributed by atoms with van der Waals surface area (Å²) in [6.45, 7) is 5.20. The van der Waals surface area contributed by atoms with E-state index in [0.717, 1.165) is 11.1 Å². The summed E-state index contributed by atoms with van der Waals surface area (Å²) in [5.74, 6) is -1.01. The summed E-state index contributed by atoms with van der Waals surface area (Å²) in [6.07, 6.45) is 0.556. The number of carbonyl (C=O) groups excluding carboxylic acids is 2. The van der Waals surface area contributed by atoms with Gasteiger partial charge in [-0.3, -0.25) is 4.79 Å². The predicted octanol–water partition coefficient (Wildman–Crippen LogP) is 3.54. The van der Waals surface area contributed by atoms with Crippen LogP contribution in [0.1, 0.15) is 28.4 Å². The highest BCUT2D eigenvalue weighted by atomic mass is 35.5. The predicted molar refractivity (Wildman–Crippen MR) is 88.7 cm³/mol. The van der Waals surface area contributed by atoms with Crippen LogP contribution in [0.3, 0.4) is 0 Å². The number of carbonyl (C=O) groups is 2. The number of hydrogen-bond donors (Lipinski definition) is 1. The van der Waals surface area contributed by atoms with Crippen LogP contribution in [0.2, 0.25) is 5.15 Å². The molecule has 0 fully saturated rings. The molecule has 2 rings (SSSR count). The Hall–Kier alpha value is -2.40. The molecule has 0 saturated carbocycles. The maximum atomic E-state index is 12.2. The first-order valence-electron chi connectivity index (χ1n) is 7.08. The second kappa shape index (κ2) is 7.24. The first kappa shape index (κ1) is 17.0. The number of esters is 1. The van der Waals surface area contributed by atoms with Gasteiger partial charge in [-0.2, -0.15) is 0 Å². The van der Waals surface area contributed by atoms with Crippen LogP contribution in [0, 0.1) is 13.8 Å². The molecular formula is C17H17ClN2O3. The van der Waals surface area contributed by atoms with E-state index in [2.05, 4.69) is 10.3 Å². The number of aromatic nitrogens is 1. The van der Waals surface area contributed by atoms with Crippen molar-refractivity contribution >= 4 is 29.2 Å². The number of benzene rings is 1. The molecule has 1 aromatic carbocycles. The van der Waals surface area contributed by atoms with Crippen molar-refractivity contribution < 1.29 is 14.3 Å². The number of ether oxygens (including phenoxy) is 1. The van der Waals surface area contributed by atoms with Gasteiger partial charge in [0.05, 0.1) is 11.3 Å². The first-order valence-corrected chi connectivity index (χ1v) is 7.46. The van der Waals surface area contributed by atoms with Gasteiger partial charge < -0.3 is 10.1 Å². The second-order valence-corrected chi connectivity index (χ2v) is 5.55. The number of rotatable bonds is 4. The minimum Gasteiger partial charge on any atom is -0.449 e. The molecule has 0 aliphatic carbocycles. The highest BCUT2D eigenvalue weighted by molar-refractivity contribution is 6.32. The van der Waals surface area contributed by atoms with Crippen LogP contribution in [-0.4, -0.2) is 23.0 Å². The lowest BCUT2D eigenvalue weighted by Gasteiger charge is -2.15. The van der Waals surface area contributed by atoms with Crippen molar-refractivity contribution in [2.45, 2.75) is 26.9 Å². The Morgan fingerprint density at radius 2 is 2.00 bits per heavy atom. The fraction of sp³-hybridized carbons (Fsp3) is 0.235. The standard InChI is InChI=1S/C17H17ClN2O3/c1-10-6-7-11(2)13(9-10)17(22)23-12(3)16(21)20-14-5-4-8-19-15(14)18/h4-9,12H,1-3H3,(H,20,21). The van der Waals surface area contributed by atoms with E-state index in [1.54, 1.807) is 18.2 Å². The molecule has 1 amide bonds. The van der Waals surface area contributed by atoms with Gasteiger partial charge >= 0.3 is 5.97 Å². The van der Waals surface area contributed by atoms with Gasteiger partial charge in [-0.05, 0) is 44.5 Å². The van der Waals surface area contributed by atoms with Gasteiger partial charge in [0.2, 0.25) is 0 Å². The Labute approximate surface area is 139 Å². The van der Waals surface area contributed by atoms with E-state index in [-0.39, 0.29) is 5.15 Å². The third-order valence-corrected chi connectivity index (χ3v) is 3.58. The van der Waals surface area contributed by atoms with Crippen molar-refractivity contribution in [2.75, 3.05) is 5.32 Å². The molecule has 5 nitrogen and oxygen atoms in total. The maximum Gasteiger partial charge on any atom is 0.339 e. The van der Waals surface area contributed by atoms with Crippen molar-refractivity contribution in [3.63, 3.8) is 0 Å². The topological polar surface area (TPSA) is 68.3 Å². The highest BCUT2D eigenvalue weighted by Gasteiger charge is 2.21. The smallest absolute Gasteiger partial charge is 0.339 e. The molecule has 23 heavy (non-hydrogen) atoms. The third kappa shape index (κ3) is 4.29. The number of nitrogens with one attached hydrogen (secondary N) is 1. The molecule has 0 aliphatic heterocycles. The molecule has 0 aliphatic rings. The Morgan fingerprint density at radius 1 is 1.26 bits per heavy atom. The Bertz CT molecular complexity index is 746. The first-order chi connectivity index (χ1) is 10.9. The summed E-state index contributed by atoms with van der Waals surface area (Å²) >= 11 is 5.88. The van der Waals surface area contributed by atoms with E-state index in [9.17, 15) is 9.59 Å². The molecule has 1 aromatic heterocycles. The van der Waals surface area contributed by atoms with Gasteiger partial charge in [-0.25, -0.2) is 9.78 Å². The lowest BCUT2D eigenvalue weighted by Crippen LogP contribution is -2.30. The van der Waals surface area contributed by atoms with Crippen molar-refractivity contribution in [1.29, 1.82) is 0 Å². The quantitative estimate of drug-likeness (QED) is 0.687. The second-order valence-electron chi connectivity index (χ2n) is 5.20. The van der Waals surface area contributed by atoms with Crippen LogP contribution in [0.4, 0.5) is 5.69 Å². The van der Waals surface area contributed by atoms with Gasteiger partial charge in [0.15, 0.2) is 11.3 Å². The SMILES string of the molecule is Cc1ccc(C)c(C(=O)OC(C)C(=O)Nc2cccnc2Cl)c1. The largest absolute Gasteiger partial charge is 0.449 e. The van der Waals surface area contributed by atoms with Crippen LogP contribution in [0.15, 0.2) is 36.5 Å². The van der Waals surface area contributed by atoms with Gasteiger partial charge in [0.1, 0.15) is 0 Å². The van der Waals surface area contributed by atoms with E-state index >= 15 is 0 Å². The van der Waals surface area contributed by atoms with E-state index in [1.165, 1.54) is 13.1 Å². The van der Waals surface area contributed by atoms with Gasteiger partial charge in [0, 0.05) is 6.20 Å². The van der Waals surface area contributed by atoms with E-state index in [1.807, 2.05) is 26.0 Å². The average molecular weight is 333 g/mol. The fourth-order valence-electron chi connectivity index (χ4n) is 1.95. The molecule has 1 heterocycles. The Kier molecular flexibility index (Phi) is 5.34. The van der Waals surface area contributed by atoms with Crippen molar-refractivity contribution in [3.8, 4) is 0 Å². The Morgan fingerprint density at radius 3 is 2.70 bits per heavy atom. The fourth-order valence-corrected chi connectivity index (χ4v) is 2.11. The molecule has 2 aromatic rings. The number of anilines is 1. The summed E-state index contributed by atoms with van der Waals surface area (Å²) in [4.78, 5) is 28.2. The molecular weight excluding hydrogens is 316 g/mol. The van der Waals surface area contributed by atoms with Crippen LogP contribution < -0.4 is 5.32 Å². The molecule has 0 radical (unpaired) electrons. The monoisotopic (exact) mass is 332 g/mol. The Balaban J connectivity index is 2.05. The molecule has 1 unspecified atom stereocenters. The van der Waals surface area contributed by atoms with Crippen LogP contribution in [-0.2, 0) is 9.53 Å². The van der Waals surface area contributed by atoms with Gasteiger partial charge in [0.25, 0.3) is 5.91 Å². The molecule has 0 saturated heterocycles. The molecule has 1 atom stereocenters. The van der Waals surface area contributed by atoms with E-state index in [0.29, 0.717) is 11.3 Å². The van der Waals surface area contributed by atoms with Gasteiger partial charge in [-0.1, -0.05) is 29.3 Å². The number of pyridine rings is 1. The normalized spacial score (nSPS) is 11.7. The number of nitrogens with zero attached hydrogens (tertiary/aromatic N) is 1. The lowest BCUT2D eigenvalue weighted by molar-refractivity contribution is -0.123. The number of halogens is 1. The van der Waals surface area contributed by atoms with Crippen LogP contribution in [0.25, 0.3) is 0 Å². The molecule has 6 heteroatoms. The summed E-state index contributed by atoms with van der Waals surface area (Å²) in [5.41, 5.74) is 2.56. The van der Waals surface area contributed by atoms with Crippen molar-refractivity contribution in [3.05, 3.63) is 58.4 Å². The summed E-state index contributed by atoms with van der Waals surface area (Å²) in [7, 11) is 0. The van der Waals surface area contributed by atoms with E-state index < -0.39 is 18.0 Å². The molecule has 120 valence electrons. The number of aryl methyl sites for hydroxylation is 2. The summed E-state index contributed by atoms with van der Waals surface area (Å²) in [6, 6.07) is 8.75. The zero-order valence-corrected chi connectivity index (χ0v) is 13.8. The minimum atomic E-state index is -0.960. The number of hydrogen-bond acceptors (Lipinski definition) is 4. The van der Waals surface area contributed by atoms with Gasteiger partial charge in [-0.15, -0.1) is 0 Å². The number of amides is 1. The van der Waals surface area contributed by atoms with Crippen LogP contribution in [0.5, 0.6) is 0 Å². The summed E-state index contributed by atoms with van der Waals surface area (Å²) in [5, 5.41) is 2.76. The average Bonchev–Trinajstić information content (AvgIpc) is 2.51. The third-order valence-electron chi connectivity index (χ3n) is 3.28. The molecule has 0 spiro atoms. The molecule has 0 bridgehead atoms. The summed E-state index contributed by atoms with van der Waals surface area (Å²) < 4.78 is 5.23. The van der Waals surface area contributed by atoms with Crippen molar-refractivity contribution in [1.82, 2.24) is 4.98 Å². The van der Waals surface area contributed by atoms with E-state index in [4.69, 9.17) is 16.3 Å². The highest BCUT2D eigenvalue weighted by Crippen LogP contribution is 2.18. The van der Waals surface area contributed by atoms with Crippen molar-refractivity contribution in [2.24, 2.45) is 0 Å². The minimum absolute atomic E-state index is 0.175. The lowest BCUT2D eigenvalue weighted by atomic mass is 10.1. The zero-order chi connectivity index (χ0) is 17.0. The van der Waals surface area contributed by atoms with Crippen LogP contribution >= 0.6 is 11.6 Å². The zero-order valence-electron chi connectivity index (χ0n) is 13.1.